The monoisotopic (exact) mass is 524 g/mol. The second-order valence-electron chi connectivity index (χ2n) is 9.47. The quantitative estimate of drug-likeness (QED) is 0.351. The molecule has 0 saturated carbocycles. The number of anilines is 2. The van der Waals surface area contributed by atoms with E-state index in [-0.39, 0.29) is 24.0 Å². The normalized spacial score (nSPS) is 14.6. The largest absolute Gasteiger partial charge is 0.416 e. The van der Waals surface area contributed by atoms with Crippen LogP contribution in [0.4, 0.5) is 24.5 Å². The van der Waals surface area contributed by atoms with Gasteiger partial charge < -0.3 is 16.0 Å². The predicted molar refractivity (Wildman–Crippen MR) is 142 cm³/mol. The number of amides is 2. The van der Waals surface area contributed by atoms with Crippen LogP contribution < -0.4 is 16.0 Å². The van der Waals surface area contributed by atoms with E-state index in [1.807, 2.05) is 42.5 Å². The molecule has 4 rings (SSSR count). The topological polar surface area (TPSA) is 73.5 Å². The number of carbonyl (C=O) groups is 2. The Labute approximate surface area is 220 Å². The van der Waals surface area contributed by atoms with E-state index in [1.165, 1.54) is 12.1 Å². The molecule has 0 bridgehead atoms. The summed E-state index contributed by atoms with van der Waals surface area (Å²) in [6.07, 6.45) is -2.52. The summed E-state index contributed by atoms with van der Waals surface area (Å²) in [6.45, 7) is 3.10. The van der Waals surface area contributed by atoms with Gasteiger partial charge in [0.2, 0.25) is 5.91 Å². The highest BCUT2D eigenvalue weighted by atomic mass is 19.4. The first kappa shape index (κ1) is 27.2. The fraction of sp³-hybridized carbons (Fsp3) is 0.310. The number of nitrogens with one attached hydrogen (secondary N) is 3. The molecule has 200 valence electrons. The maximum absolute atomic E-state index is 12.8. The summed E-state index contributed by atoms with van der Waals surface area (Å²) in [4.78, 5) is 26.9. The number of piperidine rings is 1. The molecule has 3 N–H and O–H groups in total. The average Bonchev–Trinajstić information content (AvgIpc) is 2.93. The van der Waals surface area contributed by atoms with Crippen molar-refractivity contribution in [2.45, 2.75) is 25.6 Å². The van der Waals surface area contributed by atoms with Crippen molar-refractivity contribution in [2.75, 3.05) is 36.8 Å². The van der Waals surface area contributed by atoms with E-state index in [0.29, 0.717) is 18.0 Å². The van der Waals surface area contributed by atoms with Gasteiger partial charge in [-0.2, -0.15) is 13.2 Å². The van der Waals surface area contributed by atoms with Gasteiger partial charge in [-0.3, -0.25) is 14.5 Å². The minimum absolute atomic E-state index is 0.0814. The lowest BCUT2D eigenvalue weighted by molar-refractivity contribution is -0.137. The SMILES string of the molecule is O=C(CNc1cccc(C(F)(F)F)c1)NCC1CCN(Cc2ccc(NC(=O)c3ccccc3)cc2)CC1. The molecule has 38 heavy (non-hydrogen) atoms. The zero-order chi connectivity index (χ0) is 27.0. The van der Waals surface area contributed by atoms with Gasteiger partial charge in [0.1, 0.15) is 0 Å². The fourth-order valence-corrected chi connectivity index (χ4v) is 4.40. The first-order valence-corrected chi connectivity index (χ1v) is 12.6. The fourth-order valence-electron chi connectivity index (χ4n) is 4.40. The van der Waals surface area contributed by atoms with Crippen LogP contribution in [0, 0.1) is 5.92 Å². The Kier molecular flexibility index (Phi) is 9.02. The van der Waals surface area contributed by atoms with Crippen molar-refractivity contribution < 1.29 is 22.8 Å². The molecule has 2 amide bonds. The molecule has 0 aromatic heterocycles. The molecule has 1 aliphatic rings. The lowest BCUT2D eigenvalue weighted by atomic mass is 9.96. The molecule has 6 nitrogen and oxygen atoms in total. The standard InChI is InChI=1S/C29H31F3N4O2/c30-29(31,32)24-7-4-8-26(17-24)33-19-27(37)34-18-21-13-15-36(16-14-21)20-22-9-11-25(12-10-22)35-28(38)23-5-2-1-3-6-23/h1-12,17,21,33H,13-16,18-20H2,(H,34,37)(H,35,38). The molecule has 1 aliphatic heterocycles. The van der Waals surface area contributed by atoms with Crippen LogP contribution in [0.1, 0.15) is 34.3 Å². The van der Waals surface area contributed by atoms with Crippen LogP contribution in [0.5, 0.6) is 0 Å². The van der Waals surface area contributed by atoms with Crippen LogP contribution in [0.25, 0.3) is 0 Å². The number of nitrogens with zero attached hydrogens (tertiary/aromatic N) is 1. The summed E-state index contributed by atoms with van der Waals surface area (Å²) in [5.41, 5.74) is 2.03. The lowest BCUT2D eigenvalue weighted by Crippen LogP contribution is -2.39. The van der Waals surface area contributed by atoms with Crippen molar-refractivity contribution in [1.82, 2.24) is 10.2 Å². The molecular weight excluding hydrogens is 493 g/mol. The first-order chi connectivity index (χ1) is 18.3. The number of alkyl halides is 3. The van der Waals surface area contributed by atoms with Crippen molar-refractivity contribution >= 4 is 23.2 Å². The van der Waals surface area contributed by atoms with Gasteiger partial charge >= 0.3 is 6.18 Å². The Morgan fingerprint density at radius 3 is 2.26 bits per heavy atom. The smallest absolute Gasteiger partial charge is 0.376 e. The second-order valence-corrected chi connectivity index (χ2v) is 9.47. The van der Waals surface area contributed by atoms with Gasteiger partial charge in [-0.15, -0.1) is 0 Å². The van der Waals surface area contributed by atoms with Crippen LogP contribution in [0.2, 0.25) is 0 Å². The van der Waals surface area contributed by atoms with Crippen molar-refractivity contribution in [3.05, 3.63) is 95.6 Å². The van der Waals surface area contributed by atoms with E-state index in [2.05, 4.69) is 20.9 Å². The van der Waals surface area contributed by atoms with Crippen molar-refractivity contribution in [1.29, 1.82) is 0 Å². The van der Waals surface area contributed by atoms with Crippen LogP contribution >= 0.6 is 0 Å². The Morgan fingerprint density at radius 2 is 1.58 bits per heavy atom. The molecule has 0 unspecified atom stereocenters. The third-order valence-electron chi connectivity index (χ3n) is 6.59. The minimum atomic E-state index is -4.42. The maximum Gasteiger partial charge on any atom is 0.416 e. The summed E-state index contributed by atoms with van der Waals surface area (Å²) in [6, 6.07) is 21.8. The zero-order valence-electron chi connectivity index (χ0n) is 20.9. The highest BCUT2D eigenvalue weighted by Gasteiger charge is 2.30. The zero-order valence-corrected chi connectivity index (χ0v) is 20.9. The second kappa shape index (κ2) is 12.6. The number of likely N-dealkylation sites (tertiary alicyclic amines) is 1. The number of hydrogen-bond donors (Lipinski definition) is 3. The van der Waals surface area contributed by atoms with Gasteiger partial charge in [-0.05, 0) is 79.9 Å². The molecular formula is C29H31F3N4O2. The summed E-state index contributed by atoms with van der Waals surface area (Å²) in [7, 11) is 0. The van der Waals surface area contributed by atoms with Gasteiger partial charge in [0.05, 0.1) is 12.1 Å². The summed E-state index contributed by atoms with van der Waals surface area (Å²) < 4.78 is 38.5. The number of benzene rings is 3. The van der Waals surface area contributed by atoms with Gasteiger partial charge in [-0.1, -0.05) is 36.4 Å². The highest BCUT2D eigenvalue weighted by Crippen LogP contribution is 2.30. The molecule has 0 atom stereocenters. The molecule has 1 saturated heterocycles. The third-order valence-corrected chi connectivity index (χ3v) is 6.59. The molecule has 1 heterocycles. The summed E-state index contributed by atoms with van der Waals surface area (Å²) in [5.74, 6) is -0.0254. The lowest BCUT2D eigenvalue weighted by Gasteiger charge is -2.32. The van der Waals surface area contributed by atoms with E-state index in [1.54, 1.807) is 12.1 Å². The molecule has 1 fully saturated rings. The molecule has 0 aliphatic carbocycles. The van der Waals surface area contributed by atoms with Crippen LogP contribution in [0.15, 0.2) is 78.9 Å². The molecule has 3 aromatic carbocycles. The van der Waals surface area contributed by atoms with E-state index < -0.39 is 11.7 Å². The Hall–Kier alpha value is -3.85. The number of carbonyl (C=O) groups excluding carboxylic acids is 2. The van der Waals surface area contributed by atoms with E-state index in [4.69, 9.17) is 0 Å². The van der Waals surface area contributed by atoms with Crippen molar-refractivity contribution in [3.63, 3.8) is 0 Å². The van der Waals surface area contributed by atoms with Crippen LogP contribution in [0.3, 0.4) is 0 Å². The van der Waals surface area contributed by atoms with Crippen molar-refractivity contribution in [3.8, 4) is 0 Å². The predicted octanol–water partition coefficient (Wildman–Crippen LogP) is 5.40. The van der Waals surface area contributed by atoms with Gasteiger partial charge in [-0.25, -0.2) is 0 Å². The average molecular weight is 525 g/mol. The van der Waals surface area contributed by atoms with E-state index >= 15 is 0 Å². The Bertz CT molecular complexity index is 1210. The van der Waals surface area contributed by atoms with Gasteiger partial charge in [0.15, 0.2) is 0 Å². The third kappa shape index (κ3) is 8.08. The van der Waals surface area contributed by atoms with Crippen LogP contribution in [-0.2, 0) is 17.5 Å². The molecule has 3 aromatic rings. The molecule has 0 radical (unpaired) electrons. The summed E-state index contributed by atoms with van der Waals surface area (Å²) in [5, 5.41) is 8.55. The number of rotatable bonds is 9. The van der Waals surface area contributed by atoms with E-state index in [9.17, 15) is 22.8 Å². The van der Waals surface area contributed by atoms with Crippen molar-refractivity contribution in [2.24, 2.45) is 5.92 Å². The van der Waals surface area contributed by atoms with E-state index in [0.717, 1.165) is 55.9 Å². The highest BCUT2D eigenvalue weighted by molar-refractivity contribution is 6.04. The summed E-state index contributed by atoms with van der Waals surface area (Å²) >= 11 is 0. The Balaban J connectivity index is 1.14. The number of halogens is 3. The number of hydrogen-bond acceptors (Lipinski definition) is 4. The Morgan fingerprint density at radius 1 is 0.868 bits per heavy atom. The maximum atomic E-state index is 12.8. The minimum Gasteiger partial charge on any atom is -0.376 e. The van der Waals surface area contributed by atoms with Gasteiger partial charge in [0.25, 0.3) is 5.91 Å². The van der Waals surface area contributed by atoms with Gasteiger partial charge in [0, 0.05) is 30.0 Å². The molecule has 0 spiro atoms. The first-order valence-electron chi connectivity index (χ1n) is 12.6. The van der Waals surface area contributed by atoms with Crippen LogP contribution in [-0.4, -0.2) is 42.9 Å². The molecule has 9 heteroatoms.